The van der Waals surface area contributed by atoms with E-state index in [4.69, 9.17) is 5.26 Å². The molecule has 0 heterocycles. The molecule has 0 spiro atoms. The van der Waals surface area contributed by atoms with Crippen molar-refractivity contribution >= 4 is 15.9 Å². The molecule has 0 aliphatic heterocycles. The van der Waals surface area contributed by atoms with E-state index in [2.05, 4.69) is 35.8 Å². The lowest BCUT2D eigenvalue weighted by molar-refractivity contribution is 0.276. The second-order valence-corrected chi connectivity index (χ2v) is 5.03. The Bertz CT molecular complexity index is 165. The van der Waals surface area contributed by atoms with Crippen molar-refractivity contribution in [2.75, 3.05) is 5.33 Å². The van der Waals surface area contributed by atoms with E-state index in [1.165, 1.54) is 0 Å². The van der Waals surface area contributed by atoms with Crippen molar-refractivity contribution in [3.8, 4) is 6.07 Å². The molecule has 2 heteroatoms. The van der Waals surface area contributed by atoms with Crippen molar-refractivity contribution in [1.82, 2.24) is 0 Å². The molecule has 0 radical (unpaired) electrons. The van der Waals surface area contributed by atoms with Crippen molar-refractivity contribution in [2.24, 2.45) is 10.8 Å². The van der Waals surface area contributed by atoms with Crippen LogP contribution >= 0.6 is 15.9 Å². The van der Waals surface area contributed by atoms with Gasteiger partial charge in [0.1, 0.15) is 0 Å². The monoisotopic (exact) mass is 217 g/mol. The maximum Gasteiger partial charge on any atom is 0.0684 e. The maximum atomic E-state index is 8.79. The van der Waals surface area contributed by atoms with Crippen molar-refractivity contribution < 1.29 is 0 Å². The van der Waals surface area contributed by atoms with Crippen molar-refractivity contribution in [3.05, 3.63) is 0 Å². The van der Waals surface area contributed by atoms with E-state index in [0.717, 1.165) is 11.8 Å². The van der Waals surface area contributed by atoms with Crippen LogP contribution in [0.3, 0.4) is 0 Å². The topological polar surface area (TPSA) is 23.8 Å². The molecule has 0 atom stereocenters. The molecule has 11 heavy (non-hydrogen) atoms. The summed E-state index contributed by atoms with van der Waals surface area (Å²) in [5, 5.41) is 9.74. The summed E-state index contributed by atoms with van der Waals surface area (Å²) in [6, 6.07) is 2.31. The number of alkyl halides is 1. The molecule has 0 N–H and O–H groups in total. The van der Waals surface area contributed by atoms with E-state index in [1.54, 1.807) is 0 Å². The fourth-order valence-corrected chi connectivity index (χ4v) is 1.48. The van der Waals surface area contributed by atoms with Gasteiger partial charge in [-0.25, -0.2) is 0 Å². The number of nitrogens with zero attached hydrogens (tertiary/aromatic N) is 1. The Hall–Kier alpha value is -0.0300. The number of nitriles is 1. The van der Waals surface area contributed by atoms with Crippen molar-refractivity contribution in [3.63, 3.8) is 0 Å². The molecule has 0 amide bonds. The van der Waals surface area contributed by atoms with Crippen LogP contribution < -0.4 is 0 Å². The molecule has 0 unspecified atom stereocenters. The minimum Gasteiger partial charge on any atom is -0.198 e. The van der Waals surface area contributed by atoms with Gasteiger partial charge in [0.25, 0.3) is 0 Å². The van der Waals surface area contributed by atoms with Gasteiger partial charge in [-0.15, -0.1) is 0 Å². The first-order valence-electron chi connectivity index (χ1n) is 3.80. The fraction of sp³-hybridized carbons (Fsp3) is 0.889. The summed E-state index contributed by atoms with van der Waals surface area (Å²) < 4.78 is 0. The highest BCUT2D eigenvalue weighted by Crippen LogP contribution is 2.34. The average Bonchev–Trinajstić information content (AvgIpc) is 1.86. The average molecular weight is 218 g/mol. The van der Waals surface area contributed by atoms with Crippen LogP contribution in [0.15, 0.2) is 0 Å². The lowest BCUT2D eigenvalue weighted by atomic mass is 9.77. The van der Waals surface area contributed by atoms with Gasteiger partial charge in [-0.1, -0.05) is 29.8 Å². The largest absolute Gasteiger partial charge is 0.198 e. The van der Waals surface area contributed by atoms with Crippen molar-refractivity contribution in [2.45, 2.75) is 34.1 Å². The van der Waals surface area contributed by atoms with E-state index in [9.17, 15) is 0 Å². The predicted molar refractivity (Wildman–Crippen MR) is 51.6 cm³/mol. The van der Waals surface area contributed by atoms with E-state index in [-0.39, 0.29) is 10.8 Å². The van der Waals surface area contributed by atoms with Gasteiger partial charge < -0.3 is 0 Å². The first-order chi connectivity index (χ1) is 4.83. The highest BCUT2D eigenvalue weighted by molar-refractivity contribution is 9.09. The molecule has 0 saturated carbocycles. The Morgan fingerprint density at radius 3 is 2.00 bits per heavy atom. The van der Waals surface area contributed by atoms with Gasteiger partial charge in [-0.3, -0.25) is 0 Å². The highest BCUT2D eigenvalue weighted by atomic mass is 79.9. The third-order valence-corrected chi connectivity index (χ3v) is 3.10. The summed E-state index contributed by atoms with van der Waals surface area (Å²) in [5.41, 5.74) is 0.0243. The first kappa shape index (κ1) is 11.0. The summed E-state index contributed by atoms with van der Waals surface area (Å²) in [4.78, 5) is 0. The summed E-state index contributed by atoms with van der Waals surface area (Å²) >= 11 is 3.44. The predicted octanol–water partition coefficient (Wildman–Crippen LogP) is 3.35. The number of rotatable bonds is 3. The fourth-order valence-electron chi connectivity index (χ4n) is 1.28. The molecule has 0 saturated heterocycles. The molecule has 0 aliphatic carbocycles. The normalized spacial score (nSPS) is 12.7. The van der Waals surface area contributed by atoms with E-state index in [1.807, 2.05) is 13.8 Å². The Morgan fingerprint density at radius 2 is 1.73 bits per heavy atom. The third-order valence-electron chi connectivity index (χ3n) is 1.58. The van der Waals surface area contributed by atoms with Crippen LogP contribution in [0.1, 0.15) is 34.1 Å². The first-order valence-corrected chi connectivity index (χ1v) is 4.92. The third kappa shape index (κ3) is 4.42. The van der Waals surface area contributed by atoms with Gasteiger partial charge in [0, 0.05) is 5.33 Å². The standard InChI is InChI=1S/C9H16BrN/c1-8(2,6-10)5-9(3,4)7-11/h5-6H2,1-4H3. The smallest absolute Gasteiger partial charge is 0.0684 e. The molecule has 0 aromatic carbocycles. The van der Waals surface area contributed by atoms with Gasteiger partial charge in [-0.05, 0) is 25.7 Å². The van der Waals surface area contributed by atoms with E-state index in [0.29, 0.717) is 0 Å². The molecule has 0 bridgehead atoms. The molecular formula is C9H16BrN. The highest BCUT2D eigenvalue weighted by Gasteiger charge is 2.27. The molecule has 0 aliphatic rings. The van der Waals surface area contributed by atoms with Gasteiger partial charge in [0.15, 0.2) is 0 Å². The van der Waals surface area contributed by atoms with Gasteiger partial charge in [0.2, 0.25) is 0 Å². The van der Waals surface area contributed by atoms with Crippen LogP contribution in [0.5, 0.6) is 0 Å². The van der Waals surface area contributed by atoms with E-state index >= 15 is 0 Å². The number of hydrogen-bond acceptors (Lipinski definition) is 1. The van der Waals surface area contributed by atoms with Crippen LogP contribution in [-0.4, -0.2) is 5.33 Å². The Morgan fingerprint density at radius 1 is 1.27 bits per heavy atom. The van der Waals surface area contributed by atoms with E-state index < -0.39 is 0 Å². The molecule has 0 fully saturated rings. The van der Waals surface area contributed by atoms with Crippen LogP contribution in [-0.2, 0) is 0 Å². The van der Waals surface area contributed by atoms with Gasteiger partial charge in [-0.2, -0.15) is 5.26 Å². The Kier molecular flexibility index (Phi) is 3.57. The maximum absolute atomic E-state index is 8.79. The molecular weight excluding hydrogens is 202 g/mol. The lowest BCUT2D eigenvalue weighted by Gasteiger charge is -2.28. The minimum atomic E-state index is -0.197. The summed E-state index contributed by atoms with van der Waals surface area (Å²) in [7, 11) is 0. The zero-order chi connectivity index (χ0) is 9.12. The molecule has 0 rings (SSSR count). The number of halogens is 1. The van der Waals surface area contributed by atoms with Crippen LogP contribution in [0.4, 0.5) is 0 Å². The molecule has 0 aromatic rings. The van der Waals surface area contributed by atoms with Crippen LogP contribution in [0.25, 0.3) is 0 Å². The SMILES string of the molecule is CC(C)(C#N)CC(C)(C)CBr. The Balaban J connectivity index is 4.16. The number of hydrogen-bond donors (Lipinski definition) is 0. The zero-order valence-electron chi connectivity index (χ0n) is 7.74. The van der Waals surface area contributed by atoms with Crippen LogP contribution in [0.2, 0.25) is 0 Å². The summed E-state index contributed by atoms with van der Waals surface area (Å²) in [6.45, 7) is 8.30. The molecule has 1 nitrogen and oxygen atoms in total. The summed E-state index contributed by atoms with van der Waals surface area (Å²) in [6.07, 6.45) is 0.932. The molecule has 0 aromatic heterocycles. The zero-order valence-corrected chi connectivity index (χ0v) is 9.33. The van der Waals surface area contributed by atoms with Gasteiger partial charge in [0.05, 0.1) is 11.5 Å². The summed E-state index contributed by atoms with van der Waals surface area (Å²) in [5.74, 6) is 0. The molecule has 64 valence electrons. The second-order valence-electron chi connectivity index (χ2n) is 4.47. The van der Waals surface area contributed by atoms with Gasteiger partial charge >= 0.3 is 0 Å². The van der Waals surface area contributed by atoms with Crippen molar-refractivity contribution in [1.29, 1.82) is 5.26 Å². The lowest BCUT2D eigenvalue weighted by Crippen LogP contribution is -2.22. The quantitative estimate of drug-likeness (QED) is 0.666. The minimum absolute atomic E-state index is 0.197. The Labute approximate surface area is 77.9 Å². The second kappa shape index (κ2) is 3.58. The van der Waals surface area contributed by atoms with Crippen LogP contribution in [0, 0.1) is 22.2 Å².